The quantitative estimate of drug-likeness (QED) is 0.720. The van der Waals surface area contributed by atoms with Gasteiger partial charge in [0.15, 0.2) is 5.76 Å². The lowest BCUT2D eigenvalue weighted by atomic mass is 9.97. The summed E-state index contributed by atoms with van der Waals surface area (Å²) < 4.78 is 5.49. The van der Waals surface area contributed by atoms with Crippen molar-refractivity contribution in [2.45, 2.75) is 38.6 Å². The van der Waals surface area contributed by atoms with Gasteiger partial charge in [0.2, 0.25) is 0 Å². The van der Waals surface area contributed by atoms with Gasteiger partial charge in [0.1, 0.15) is 5.75 Å². The highest BCUT2D eigenvalue weighted by molar-refractivity contribution is 5.61. The highest BCUT2D eigenvalue weighted by Gasteiger charge is 2.25. The number of rotatable bonds is 5. The Bertz CT molecular complexity index is 919. The third-order valence-corrected chi connectivity index (χ3v) is 5.22. The van der Waals surface area contributed by atoms with Gasteiger partial charge in [-0.2, -0.15) is 0 Å². The maximum Gasteiger partial charge on any atom is 0.150 e. The van der Waals surface area contributed by atoms with Crippen molar-refractivity contribution in [2.24, 2.45) is 0 Å². The summed E-state index contributed by atoms with van der Waals surface area (Å²) in [5.41, 5.74) is 4.16. The first-order chi connectivity index (χ1) is 13.1. The third kappa shape index (κ3) is 4.03. The first-order valence-corrected chi connectivity index (χ1v) is 9.51. The van der Waals surface area contributed by atoms with Gasteiger partial charge in [-0.1, -0.05) is 31.1 Å². The lowest BCUT2D eigenvalue weighted by Crippen LogP contribution is -2.19. The van der Waals surface area contributed by atoms with Crippen LogP contribution in [-0.2, 0) is 6.54 Å². The Morgan fingerprint density at radius 3 is 2.89 bits per heavy atom. The molecule has 3 heterocycles. The summed E-state index contributed by atoms with van der Waals surface area (Å²) >= 11 is 0. The molecule has 5 nitrogen and oxygen atoms in total. The number of likely N-dealkylation sites (tertiary alicyclic amines) is 1. The van der Waals surface area contributed by atoms with Crippen LogP contribution < -0.4 is 0 Å². The first kappa shape index (κ1) is 17.7. The largest absolute Gasteiger partial charge is 0.508 e. The highest BCUT2D eigenvalue weighted by Crippen LogP contribution is 2.31. The van der Waals surface area contributed by atoms with Crippen LogP contribution in [0.15, 0.2) is 53.2 Å². The number of benzene rings is 1. The molecule has 0 saturated carbocycles. The SMILES string of the molecule is CC(C)c1cc(CN2CC[C@@H](c3ccnc(-c4cccc(O)c4)c3)C2)on1. The summed E-state index contributed by atoms with van der Waals surface area (Å²) in [7, 11) is 0. The lowest BCUT2D eigenvalue weighted by Gasteiger charge is -2.15. The molecule has 0 spiro atoms. The molecule has 1 aliphatic rings. The van der Waals surface area contributed by atoms with Gasteiger partial charge in [-0.25, -0.2) is 0 Å². The van der Waals surface area contributed by atoms with Crippen molar-refractivity contribution >= 4 is 0 Å². The molecule has 3 aromatic rings. The smallest absolute Gasteiger partial charge is 0.150 e. The summed E-state index contributed by atoms with van der Waals surface area (Å²) in [5, 5.41) is 13.9. The zero-order valence-electron chi connectivity index (χ0n) is 15.8. The van der Waals surface area contributed by atoms with E-state index in [1.165, 1.54) is 5.56 Å². The molecule has 1 N–H and O–H groups in total. The Labute approximate surface area is 159 Å². The standard InChI is InChI=1S/C22H25N3O2/c1-15(2)21-12-20(27-24-21)14-25-9-7-18(13-25)16-6-8-23-22(11-16)17-4-3-5-19(26)10-17/h3-6,8,10-12,15,18,26H,7,9,13-14H2,1-2H3/t18-/m1/s1. The summed E-state index contributed by atoms with van der Waals surface area (Å²) in [6.07, 6.45) is 2.98. The van der Waals surface area contributed by atoms with Crippen molar-refractivity contribution in [1.82, 2.24) is 15.0 Å². The number of hydrogen-bond donors (Lipinski definition) is 1. The summed E-state index contributed by atoms with van der Waals surface area (Å²) in [5.74, 6) is 2.08. The number of nitrogens with zero attached hydrogens (tertiary/aromatic N) is 3. The highest BCUT2D eigenvalue weighted by atomic mass is 16.5. The summed E-state index contributed by atoms with van der Waals surface area (Å²) in [4.78, 5) is 6.90. The summed E-state index contributed by atoms with van der Waals surface area (Å²) in [6.45, 7) is 7.11. The fourth-order valence-corrected chi connectivity index (χ4v) is 3.67. The van der Waals surface area contributed by atoms with Gasteiger partial charge in [0.25, 0.3) is 0 Å². The Kier molecular flexibility index (Phi) is 4.94. The van der Waals surface area contributed by atoms with Crippen molar-refractivity contribution in [3.63, 3.8) is 0 Å². The molecule has 1 saturated heterocycles. The maximum absolute atomic E-state index is 9.72. The van der Waals surface area contributed by atoms with E-state index in [4.69, 9.17) is 4.52 Å². The third-order valence-electron chi connectivity index (χ3n) is 5.22. The van der Waals surface area contributed by atoms with Crippen LogP contribution in [0.2, 0.25) is 0 Å². The predicted octanol–water partition coefficient (Wildman–Crippen LogP) is 4.56. The van der Waals surface area contributed by atoms with E-state index in [0.29, 0.717) is 11.8 Å². The van der Waals surface area contributed by atoms with Crippen molar-refractivity contribution in [3.05, 3.63) is 65.7 Å². The van der Waals surface area contributed by atoms with Crippen molar-refractivity contribution in [3.8, 4) is 17.0 Å². The molecule has 1 atom stereocenters. The van der Waals surface area contributed by atoms with Crippen LogP contribution in [-0.4, -0.2) is 33.2 Å². The average Bonchev–Trinajstić information content (AvgIpc) is 3.32. The summed E-state index contributed by atoms with van der Waals surface area (Å²) in [6, 6.07) is 13.6. The van der Waals surface area contributed by atoms with Crippen LogP contribution in [0.5, 0.6) is 5.75 Å². The molecule has 2 aromatic heterocycles. The molecule has 27 heavy (non-hydrogen) atoms. The number of pyridine rings is 1. The van der Waals surface area contributed by atoms with Crippen LogP contribution in [0.1, 0.15) is 49.1 Å². The minimum absolute atomic E-state index is 0.263. The van der Waals surface area contributed by atoms with Crippen LogP contribution in [0, 0.1) is 0 Å². The monoisotopic (exact) mass is 363 g/mol. The molecule has 1 fully saturated rings. The molecule has 1 aliphatic heterocycles. The lowest BCUT2D eigenvalue weighted by molar-refractivity contribution is 0.270. The number of hydrogen-bond acceptors (Lipinski definition) is 5. The molecule has 0 radical (unpaired) electrons. The van der Waals surface area contributed by atoms with E-state index in [0.717, 1.165) is 48.8 Å². The second kappa shape index (κ2) is 7.53. The van der Waals surface area contributed by atoms with Crippen molar-refractivity contribution in [1.29, 1.82) is 0 Å². The van der Waals surface area contributed by atoms with Gasteiger partial charge >= 0.3 is 0 Å². The molecule has 0 aliphatic carbocycles. The second-order valence-electron chi connectivity index (χ2n) is 7.62. The van der Waals surface area contributed by atoms with Crippen LogP contribution in [0.25, 0.3) is 11.3 Å². The average molecular weight is 363 g/mol. The molecule has 0 unspecified atom stereocenters. The topological polar surface area (TPSA) is 62.4 Å². The molecule has 0 bridgehead atoms. The van der Waals surface area contributed by atoms with E-state index >= 15 is 0 Å². The predicted molar refractivity (Wildman–Crippen MR) is 105 cm³/mol. The zero-order chi connectivity index (χ0) is 18.8. The zero-order valence-corrected chi connectivity index (χ0v) is 15.8. The molecule has 0 amide bonds. The first-order valence-electron chi connectivity index (χ1n) is 9.51. The van der Waals surface area contributed by atoms with Gasteiger partial charge < -0.3 is 9.63 Å². The van der Waals surface area contributed by atoms with E-state index < -0.39 is 0 Å². The van der Waals surface area contributed by atoms with E-state index in [1.54, 1.807) is 12.1 Å². The Hall–Kier alpha value is -2.66. The molecule has 4 rings (SSSR count). The van der Waals surface area contributed by atoms with Gasteiger partial charge in [0, 0.05) is 24.4 Å². The number of phenols is 1. The molecular weight excluding hydrogens is 338 g/mol. The number of aromatic nitrogens is 2. The van der Waals surface area contributed by atoms with E-state index in [-0.39, 0.29) is 5.75 Å². The van der Waals surface area contributed by atoms with Crippen LogP contribution in [0.4, 0.5) is 0 Å². The van der Waals surface area contributed by atoms with Gasteiger partial charge in [-0.05, 0) is 54.6 Å². The molecular formula is C22H25N3O2. The van der Waals surface area contributed by atoms with E-state index in [9.17, 15) is 5.11 Å². The Morgan fingerprint density at radius 2 is 2.11 bits per heavy atom. The Balaban J connectivity index is 1.45. The van der Waals surface area contributed by atoms with Crippen LogP contribution in [0.3, 0.4) is 0 Å². The second-order valence-corrected chi connectivity index (χ2v) is 7.62. The Morgan fingerprint density at radius 1 is 1.22 bits per heavy atom. The van der Waals surface area contributed by atoms with Gasteiger partial charge in [0.05, 0.1) is 17.9 Å². The van der Waals surface area contributed by atoms with Gasteiger partial charge in [-0.3, -0.25) is 9.88 Å². The number of phenolic OH excluding ortho intramolecular Hbond substituents is 1. The molecule has 5 heteroatoms. The van der Waals surface area contributed by atoms with Crippen LogP contribution >= 0.6 is 0 Å². The van der Waals surface area contributed by atoms with Crippen molar-refractivity contribution in [2.75, 3.05) is 13.1 Å². The maximum atomic E-state index is 9.72. The van der Waals surface area contributed by atoms with E-state index in [2.05, 4.69) is 47.1 Å². The fraction of sp³-hybridized carbons (Fsp3) is 0.364. The normalized spacial score (nSPS) is 17.7. The minimum atomic E-state index is 0.263. The molecule has 140 valence electrons. The van der Waals surface area contributed by atoms with Gasteiger partial charge in [-0.15, -0.1) is 0 Å². The van der Waals surface area contributed by atoms with E-state index in [1.807, 2.05) is 18.3 Å². The minimum Gasteiger partial charge on any atom is -0.508 e. The van der Waals surface area contributed by atoms with Crippen molar-refractivity contribution < 1.29 is 9.63 Å². The number of aromatic hydroxyl groups is 1. The molecule has 1 aromatic carbocycles. The fourth-order valence-electron chi connectivity index (χ4n) is 3.67.